The Kier molecular flexibility index (Phi) is 6.88. The number of ether oxygens (including phenoxy) is 1. The van der Waals surface area contributed by atoms with Crippen LogP contribution in [0.4, 0.5) is 4.39 Å². The van der Waals surface area contributed by atoms with Gasteiger partial charge in [-0.3, -0.25) is 23.4 Å². The Balaban J connectivity index is 1.61. The zero-order chi connectivity index (χ0) is 24.5. The third-order valence-corrected chi connectivity index (χ3v) is 7.53. The topological polar surface area (TPSA) is 71.0 Å². The molecule has 0 N–H and O–H groups in total. The highest BCUT2D eigenvalue weighted by Crippen LogP contribution is 2.19. The van der Waals surface area contributed by atoms with Crippen LogP contribution in [0.25, 0.3) is 16.6 Å². The van der Waals surface area contributed by atoms with Crippen molar-refractivity contribution in [1.29, 1.82) is 0 Å². The van der Waals surface area contributed by atoms with Crippen molar-refractivity contribution < 1.29 is 9.13 Å². The Morgan fingerprint density at radius 3 is 2.65 bits per heavy atom. The average Bonchev–Trinajstić information content (AvgIpc) is 3.18. The number of aromatic nitrogens is 4. The first-order valence-corrected chi connectivity index (χ1v) is 15.0. The third-order valence-electron chi connectivity index (χ3n) is 5.53. The van der Waals surface area contributed by atoms with Crippen molar-refractivity contribution in [2.75, 3.05) is 6.61 Å². The zero-order valence-corrected chi connectivity index (χ0v) is 21.1. The fourth-order valence-electron chi connectivity index (χ4n) is 3.54. The van der Waals surface area contributed by atoms with Gasteiger partial charge in [-0.25, -0.2) is 4.39 Å². The van der Waals surface area contributed by atoms with Crippen LogP contribution >= 0.6 is 11.6 Å². The van der Waals surface area contributed by atoms with Gasteiger partial charge in [-0.1, -0.05) is 49.4 Å². The lowest BCUT2D eigenvalue weighted by Gasteiger charge is -2.16. The summed E-state index contributed by atoms with van der Waals surface area (Å²) in [5.41, 5.74) is 0.608. The molecule has 1 aromatic carbocycles. The molecule has 0 amide bonds. The lowest BCUT2D eigenvalue weighted by Crippen LogP contribution is -2.26. The molecular formula is C24H26ClFN4O3Si. The second kappa shape index (κ2) is 9.69. The van der Waals surface area contributed by atoms with Gasteiger partial charge in [0.25, 0.3) is 11.1 Å². The number of nitrogens with zero attached hydrogens (tertiary/aromatic N) is 4. The second-order valence-electron chi connectivity index (χ2n) is 9.35. The lowest BCUT2D eigenvalue weighted by molar-refractivity contribution is 0.0848. The Morgan fingerprint density at radius 1 is 1.15 bits per heavy atom. The van der Waals surface area contributed by atoms with Crippen LogP contribution in [-0.2, 0) is 18.0 Å². The summed E-state index contributed by atoms with van der Waals surface area (Å²) in [6.45, 7) is 7.63. The van der Waals surface area contributed by atoms with Gasteiger partial charge in [0.05, 0.1) is 34.4 Å². The van der Waals surface area contributed by atoms with E-state index in [2.05, 4.69) is 24.7 Å². The predicted octanol–water partition coefficient (Wildman–Crippen LogP) is 4.50. The molecule has 0 aliphatic heterocycles. The van der Waals surface area contributed by atoms with Gasteiger partial charge in [-0.05, 0) is 18.2 Å². The molecule has 0 spiro atoms. The van der Waals surface area contributed by atoms with Gasteiger partial charge in [-0.15, -0.1) is 0 Å². The van der Waals surface area contributed by atoms with Gasteiger partial charge in [0.1, 0.15) is 12.5 Å². The Hall–Kier alpha value is -3.01. The van der Waals surface area contributed by atoms with Gasteiger partial charge in [0.2, 0.25) is 0 Å². The van der Waals surface area contributed by atoms with E-state index in [9.17, 15) is 14.0 Å². The molecule has 178 valence electrons. The van der Waals surface area contributed by atoms with Crippen LogP contribution in [0, 0.1) is 5.82 Å². The SMILES string of the molecule is C[Si](C)(C)CCOCn1cc(Cl)c(-n2ccc3c(cnn3Cc3ccccc3F)c2=O)cc1=O. The van der Waals surface area contributed by atoms with Crippen molar-refractivity contribution >= 4 is 30.6 Å². The minimum Gasteiger partial charge on any atom is -0.361 e. The standard InChI is InChI=1S/C24H26ClFN4O3Si/c1-34(2,3)11-10-33-16-28-15-19(25)22(12-23(28)31)29-9-8-21-18(24(29)32)13-27-30(21)14-17-6-4-5-7-20(17)26/h4-9,12-13,15H,10-11,14,16H2,1-3H3. The Bertz CT molecular complexity index is 1460. The summed E-state index contributed by atoms with van der Waals surface area (Å²) >= 11 is 6.44. The first-order chi connectivity index (χ1) is 16.1. The van der Waals surface area contributed by atoms with E-state index < -0.39 is 8.07 Å². The summed E-state index contributed by atoms with van der Waals surface area (Å²) in [4.78, 5) is 25.8. The number of halogens is 2. The van der Waals surface area contributed by atoms with E-state index in [0.717, 1.165) is 6.04 Å². The molecule has 0 radical (unpaired) electrons. The van der Waals surface area contributed by atoms with E-state index in [1.165, 1.54) is 33.7 Å². The first-order valence-electron chi connectivity index (χ1n) is 10.9. The molecule has 7 nitrogen and oxygen atoms in total. The molecular weight excluding hydrogens is 475 g/mol. The van der Waals surface area contributed by atoms with Crippen LogP contribution in [0.2, 0.25) is 30.7 Å². The molecule has 0 fully saturated rings. The summed E-state index contributed by atoms with van der Waals surface area (Å²) in [5, 5.41) is 4.85. The molecule has 0 saturated heterocycles. The minimum atomic E-state index is -1.23. The summed E-state index contributed by atoms with van der Waals surface area (Å²) in [7, 11) is -1.23. The first kappa shape index (κ1) is 24.1. The highest BCUT2D eigenvalue weighted by Gasteiger charge is 2.15. The van der Waals surface area contributed by atoms with E-state index in [1.807, 2.05) is 0 Å². The Labute approximate surface area is 202 Å². The number of fused-ring (bicyclic) bond motifs is 1. The number of hydrogen-bond acceptors (Lipinski definition) is 4. The van der Waals surface area contributed by atoms with E-state index in [0.29, 0.717) is 23.1 Å². The second-order valence-corrected chi connectivity index (χ2v) is 15.4. The van der Waals surface area contributed by atoms with Crippen LogP contribution in [0.5, 0.6) is 0 Å². The molecule has 10 heteroatoms. The van der Waals surface area contributed by atoms with Crippen molar-refractivity contribution in [3.8, 4) is 5.69 Å². The highest BCUT2D eigenvalue weighted by molar-refractivity contribution is 6.76. The maximum Gasteiger partial charge on any atom is 0.266 e. The molecule has 0 bridgehead atoms. The van der Waals surface area contributed by atoms with E-state index >= 15 is 0 Å². The molecule has 0 atom stereocenters. The molecule has 0 saturated carbocycles. The van der Waals surface area contributed by atoms with Crippen molar-refractivity contribution in [1.82, 2.24) is 18.9 Å². The summed E-state index contributed by atoms with van der Waals surface area (Å²) < 4.78 is 24.0. The Morgan fingerprint density at radius 2 is 1.91 bits per heavy atom. The van der Waals surface area contributed by atoms with E-state index in [-0.39, 0.29) is 40.9 Å². The number of rotatable bonds is 8. The van der Waals surface area contributed by atoms with E-state index in [4.69, 9.17) is 16.3 Å². The normalized spacial score (nSPS) is 11.9. The maximum absolute atomic E-state index is 14.1. The minimum absolute atomic E-state index is 0.0973. The third kappa shape index (κ3) is 5.21. The molecule has 3 heterocycles. The molecule has 0 aliphatic carbocycles. The lowest BCUT2D eigenvalue weighted by atomic mass is 10.2. The van der Waals surface area contributed by atoms with Crippen LogP contribution in [0.15, 0.2) is 64.6 Å². The van der Waals surface area contributed by atoms with Crippen molar-refractivity contribution in [3.63, 3.8) is 0 Å². The zero-order valence-electron chi connectivity index (χ0n) is 19.3. The van der Waals surface area contributed by atoms with Gasteiger partial charge in [0, 0.05) is 38.7 Å². The monoisotopic (exact) mass is 500 g/mol. The molecule has 3 aromatic heterocycles. The van der Waals surface area contributed by atoms with Gasteiger partial charge >= 0.3 is 0 Å². The summed E-state index contributed by atoms with van der Waals surface area (Å²) in [6.07, 6.45) is 4.46. The molecule has 4 aromatic rings. The van der Waals surface area contributed by atoms with Crippen LogP contribution in [0.3, 0.4) is 0 Å². The molecule has 4 rings (SSSR count). The average molecular weight is 501 g/mol. The van der Waals surface area contributed by atoms with Gasteiger partial charge < -0.3 is 4.74 Å². The van der Waals surface area contributed by atoms with Crippen LogP contribution in [-0.4, -0.2) is 33.6 Å². The highest BCUT2D eigenvalue weighted by atomic mass is 35.5. The predicted molar refractivity (Wildman–Crippen MR) is 134 cm³/mol. The number of benzene rings is 1. The summed E-state index contributed by atoms with van der Waals surface area (Å²) in [6, 6.07) is 10.4. The maximum atomic E-state index is 14.1. The van der Waals surface area contributed by atoms with Crippen LogP contribution in [0.1, 0.15) is 5.56 Å². The quantitative estimate of drug-likeness (QED) is 0.264. The van der Waals surface area contributed by atoms with E-state index in [1.54, 1.807) is 35.1 Å². The van der Waals surface area contributed by atoms with Crippen molar-refractivity contribution in [2.24, 2.45) is 0 Å². The van der Waals surface area contributed by atoms with Gasteiger partial charge in [-0.2, -0.15) is 5.10 Å². The molecule has 34 heavy (non-hydrogen) atoms. The van der Waals surface area contributed by atoms with Crippen LogP contribution < -0.4 is 11.1 Å². The molecule has 0 unspecified atom stereocenters. The smallest absolute Gasteiger partial charge is 0.266 e. The van der Waals surface area contributed by atoms with Crippen molar-refractivity contribution in [2.45, 2.75) is 39.0 Å². The van der Waals surface area contributed by atoms with Crippen molar-refractivity contribution in [3.05, 3.63) is 92.1 Å². The fraction of sp³-hybridized carbons (Fsp3) is 0.292. The fourth-order valence-corrected chi connectivity index (χ4v) is 4.56. The largest absolute Gasteiger partial charge is 0.361 e. The summed E-state index contributed by atoms with van der Waals surface area (Å²) in [5.74, 6) is -0.337. The molecule has 0 aliphatic rings. The number of hydrogen-bond donors (Lipinski definition) is 0. The van der Waals surface area contributed by atoms with Gasteiger partial charge in [0.15, 0.2) is 0 Å². The number of pyridine rings is 2.